The fourth-order valence-electron chi connectivity index (χ4n) is 1.29. The maximum absolute atomic E-state index is 10.1. The number of hydrogen-bond donors (Lipinski definition) is 1. The minimum Gasteiger partial charge on any atom is -0.507 e. The molecule has 0 radical (unpaired) electrons. The highest BCUT2D eigenvalue weighted by Crippen LogP contribution is 2.11. The summed E-state index contributed by atoms with van der Waals surface area (Å²) < 4.78 is 0. The fourth-order valence-corrected chi connectivity index (χ4v) is 1.29. The van der Waals surface area contributed by atoms with Gasteiger partial charge in [-0.25, -0.2) is 0 Å². The first-order chi connectivity index (χ1) is 10.7. The van der Waals surface area contributed by atoms with Crippen molar-refractivity contribution in [1.82, 2.24) is 0 Å². The summed E-state index contributed by atoms with van der Waals surface area (Å²) in [6.45, 7) is 9.93. The van der Waals surface area contributed by atoms with Gasteiger partial charge in [-0.3, -0.25) is 4.79 Å². The van der Waals surface area contributed by atoms with Crippen LogP contribution in [0.3, 0.4) is 0 Å². The van der Waals surface area contributed by atoms with Gasteiger partial charge in [0.1, 0.15) is 5.75 Å². The van der Waals surface area contributed by atoms with Gasteiger partial charge in [0.05, 0.1) is 17.2 Å². The average Bonchev–Trinajstić information content (AvgIpc) is 2.60. The van der Waals surface area contributed by atoms with Crippen LogP contribution in [0.15, 0.2) is 48.5 Å². The molecule has 2 aromatic rings. The first kappa shape index (κ1) is 25.4. The Balaban J connectivity index is -0.000000129. The Bertz CT molecular complexity index is 578. The summed E-state index contributed by atoms with van der Waals surface area (Å²) in [4.78, 5) is 10.1. The fraction of sp³-hybridized carbons (Fsp3) is 0.300. The van der Waals surface area contributed by atoms with Crippen molar-refractivity contribution in [3.63, 3.8) is 0 Å². The first-order valence-electron chi connectivity index (χ1n) is 7.38. The van der Waals surface area contributed by atoms with Gasteiger partial charge in [0.15, 0.2) is 6.29 Å². The molecule has 0 aliphatic heterocycles. The molecule has 0 atom stereocenters. The lowest BCUT2D eigenvalue weighted by Crippen LogP contribution is -1.77. The molecule has 128 valence electrons. The Morgan fingerprint density at radius 1 is 1.00 bits per heavy atom. The zero-order valence-corrected chi connectivity index (χ0v) is 14.0. The van der Waals surface area contributed by atoms with E-state index in [9.17, 15) is 4.79 Å². The third-order valence-corrected chi connectivity index (χ3v) is 2.33. The van der Waals surface area contributed by atoms with Crippen LogP contribution in [0, 0.1) is 18.3 Å². The minimum atomic E-state index is 0. The molecule has 0 bridgehead atoms. The number of carbonyl (C=O) groups excluding carboxylic acids is 1. The molecule has 0 aliphatic carbocycles. The van der Waals surface area contributed by atoms with Crippen molar-refractivity contribution < 1.29 is 11.3 Å². The second-order valence-corrected chi connectivity index (χ2v) is 3.60. The molecule has 0 heterocycles. The number of aromatic hydroxyl groups is 1. The summed E-state index contributed by atoms with van der Waals surface area (Å²) in [7, 11) is 0. The molecule has 0 saturated heterocycles. The van der Waals surface area contributed by atoms with Gasteiger partial charge in [-0.05, 0) is 30.7 Å². The van der Waals surface area contributed by atoms with E-state index in [0.29, 0.717) is 11.8 Å². The van der Waals surface area contributed by atoms with E-state index in [1.807, 2.05) is 58.9 Å². The van der Waals surface area contributed by atoms with Crippen LogP contribution in [-0.2, 0) is 0 Å². The van der Waals surface area contributed by atoms with Crippen LogP contribution in [0.25, 0.3) is 0 Å². The van der Waals surface area contributed by atoms with Crippen LogP contribution in [0.1, 0.15) is 58.0 Å². The van der Waals surface area contributed by atoms with E-state index in [1.165, 1.54) is 6.07 Å². The molecule has 0 spiro atoms. The Morgan fingerprint density at radius 2 is 1.48 bits per heavy atom. The molecular formula is C20H31NO2. The van der Waals surface area contributed by atoms with Gasteiger partial charge in [-0.15, -0.1) is 0 Å². The number of rotatable bonds is 1. The Morgan fingerprint density at radius 3 is 1.83 bits per heavy atom. The average molecular weight is 318 g/mol. The van der Waals surface area contributed by atoms with Crippen LogP contribution in [0.2, 0.25) is 0 Å². The van der Waals surface area contributed by atoms with Crippen LogP contribution in [-0.4, -0.2) is 11.4 Å². The third kappa shape index (κ3) is 10.7. The number of phenolic OH excluding ortho intramolecular Hbond substituents is 1. The molecule has 1 N–H and O–H groups in total. The van der Waals surface area contributed by atoms with Crippen molar-refractivity contribution in [2.45, 2.75) is 42.0 Å². The van der Waals surface area contributed by atoms with E-state index in [2.05, 4.69) is 6.07 Å². The lowest BCUT2D eigenvalue weighted by atomic mass is 10.1. The van der Waals surface area contributed by atoms with Gasteiger partial charge < -0.3 is 5.11 Å². The highest BCUT2D eigenvalue weighted by Gasteiger charge is 1.93. The lowest BCUT2D eigenvalue weighted by molar-refractivity contribution is 0.112. The summed E-state index contributed by atoms with van der Waals surface area (Å²) in [5.41, 5.74) is 2.13. The maximum Gasteiger partial charge on any atom is 0.153 e. The second-order valence-electron chi connectivity index (χ2n) is 3.60. The number of hydrogen-bond acceptors (Lipinski definition) is 3. The van der Waals surface area contributed by atoms with Crippen LogP contribution in [0.5, 0.6) is 5.75 Å². The predicted molar refractivity (Wildman–Crippen MR) is 101 cm³/mol. The molecule has 0 unspecified atom stereocenters. The Hall–Kier alpha value is -2.60. The van der Waals surface area contributed by atoms with Crippen LogP contribution >= 0.6 is 0 Å². The smallest absolute Gasteiger partial charge is 0.153 e. The standard InChI is InChI=1S/C8H7N.C7H6O2.2C2H6.CH4.H2/c1-7-4-2-3-5-8(7)6-9;8-5-6-3-1-2-4-7(6)9;2*1-2;;/h2-5H,1H3;1-5,9H;2*1-2H3;1H4;1H/i;;;;;1+1. The van der Waals surface area contributed by atoms with Gasteiger partial charge in [-0.1, -0.05) is 65.5 Å². The topological polar surface area (TPSA) is 61.1 Å². The molecule has 0 fully saturated rings. The SMILES string of the molecule is C.CC.CC.Cc1ccccc1C#N.O=Cc1ccccc1O.[2HH]. The predicted octanol–water partition coefficient (Wildman–Crippen LogP) is 6.01. The summed E-state index contributed by atoms with van der Waals surface area (Å²) in [5.74, 6) is 0.0347. The van der Waals surface area contributed by atoms with Crippen molar-refractivity contribution in [1.29, 1.82) is 5.26 Å². The number of nitriles is 1. The van der Waals surface area contributed by atoms with Crippen molar-refractivity contribution in [2.24, 2.45) is 0 Å². The zero-order valence-electron chi connectivity index (χ0n) is 14.0. The number of nitrogens with zero attached hydrogens (tertiary/aromatic N) is 1. The van der Waals surface area contributed by atoms with Crippen LogP contribution < -0.4 is 0 Å². The summed E-state index contributed by atoms with van der Waals surface area (Å²) >= 11 is 0. The third-order valence-electron chi connectivity index (χ3n) is 2.33. The van der Waals surface area contributed by atoms with Crippen molar-refractivity contribution in [2.75, 3.05) is 0 Å². The summed E-state index contributed by atoms with van der Waals surface area (Å²) in [6.07, 6.45) is 0.620. The number of phenols is 1. The summed E-state index contributed by atoms with van der Waals surface area (Å²) in [5, 5.41) is 17.3. The Labute approximate surface area is 142 Å². The van der Waals surface area contributed by atoms with Crippen molar-refractivity contribution in [3.05, 3.63) is 65.2 Å². The molecule has 0 aromatic heterocycles. The van der Waals surface area contributed by atoms with E-state index >= 15 is 0 Å². The number of aryl methyl sites for hydroxylation is 1. The molecule has 2 aromatic carbocycles. The van der Waals surface area contributed by atoms with Gasteiger partial charge in [0, 0.05) is 1.43 Å². The number of aldehydes is 1. The molecule has 3 heteroatoms. The molecular weight excluding hydrogens is 286 g/mol. The number of carbonyl (C=O) groups is 1. The monoisotopic (exact) mass is 318 g/mol. The zero-order chi connectivity index (χ0) is 17.4. The molecule has 0 saturated carbocycles. The van der Waals surface area contributed by atoms with Crippen molar-refractivity contribution in [3.8, 4) is 11.8 Å². The van der Waals surface area contributed by atoms with E-state index < -0.39 is 0 Å². The number of para-hydroxylation sites is 1. The van der Waals surface area contributed by atoms with Gasteiger partial charge in [0.25, 0.3) is 0 Å². The maximum atomic E-state index is 10.1. The van der Waals surface area contributed by atoms with E-state index in [-0.39, 0.29) is 14.6 Å². The van der Waals surface area contributed by atoms with Gasteiger partial charge >= 0.3 is 0 Å². The minimum absolute atomic E-state index is 0. The van der Waals surface area contributed by atoms with E-state index in [4.69, 9.17) is 10.4 Å². The van der Waals surface area contributed by atoms with E-state index in [1.54, 1.807) is 18.2 Å². The van der Waals surface area contributed by atoms with Gasteiger partial charge in [-0.2, -0.15) is 5.26 Å². The number of benzene rings is 2. The van der Waals surface area contributed by atoms with Gasteiger partial charge in [0.2, 0.25) is 0 Å². The highest BCUT2D eigenvalue weighted by atomic mass is 16.3. The normalized spacial score (nSPS) is 7.30. The van der Waals surface area contributed by atoms with Crippen molar-refractivity contribution >= 4 is 6.29 Å². The molecule has 0 amide bonds. The highest BCUT2D eigenvalue weighted by molar-refractivity contribution is 5.78. The van der Waals surface area contributed by atoms with Crippen LogP contribution in [0.4, 0.5) is 0 Å². The molecule has 2 rings (SSSR count). The largest absolute Gasteiger partial charge is 0.507 e. The first-order valence-corrected chi connectivity index (χ1v) is 7.38. The quantitative estimate of drug-likeness (QED) is 0.655. The summed E-state index contributed by atoms with van der Waals surface area (Å²) in [6, 6.07) is 16.0. The lowest BCUT2D eigenvalue weighted by Gasteiger charge is -1.91. The molecule has 23 heavy (non-hydrogen) atoms. The molecule has 3 nitrogen and oxygen atoms in total. The molecule has 0 aliphatic rings. The second kappa shape index (κ2) is 17.5. The van der Waals surface area contributed by atoms with E-state index in [0.717, 1.165) is 11.1 Å². The Kier molecular flexibility index (Phi) is 19.2.